The van der Waals surface area contributed by atoms with Crippen molar-refractivity contribution in [2.45, 2.75) is 20.8 Å². The molecule has 1 N–H and O–H groups in total. The average Bonchev–Trinajstić information content (AvgIpc) is 3.34. The summed E-state index contributed by atoms with van der Waals surface area (Å²) in [5.74, 6) is 2.05. The average molecular weight is 389 g/mol. The zero-order chi connectivity index (χ0) is 20.4. The summed E-state index contributed by atoms with van der Waals surface area (Å²) < 4.78 is 12.7. The molecule has 8 heteroatoms. The summed E-state index contributed by atoms with van der Waals surface area (Å²) in [6, 6.07) is 10.4. The van der Waals surface area contributed by atoms with E-state index in [1.54, 1.807) is 42.7 Å². The van der Waals surface area contributed by atoms with Crippen molar-refractivity contribution < 1.29 is 13.9 Å². The predicted molar refractivity (Wildman–Crippen MR) is 107 cm³/mol. The van der Waals surface area contributed by atoms with Crippen LogP contribution in [0.5, 0.6) is 11.6 Å². The monoisotopic (exact) mass is 389 g/mol. The van der Waals surface area contributed by atoms with Gasteiger partial charge in [0.05, 0.1) is 17.5 Å². The van der Waals surface area contributed by atoms with Crippen LogP contribution >= 0.6 is 0 Å². The van der Waals surface area contributed by atoms with Gasteiger partial charge in [0, 0.05) is 17.4 Å². The van der Waals surface area contributed by atoms with Crippen molar-refractivity contribution in [1.82, 2.24) is 19.5 Å². The zero-order valence-corrected chi connectivity index (χ0v) is 16.2. The molecule has 0 radical (unpaired) electrons. The van der Waals surface area contributed by atoms with Crippen LogP contribution in [-0.4, -0.2) is 25.4 Å². The van der Waals surface area contributed by atoms with E-state index in [0.717, 1.165) is 11.4 Å². The Morgan fingerprint density at radius 2 is 1.90 bits per heavy atom. The maximum atomic E-state index is 12.1. The fraction of sp³-hybridized carbons (Fsp3) is 0.143. The van der Waals surface area contributed by atoms with Gasteiger partial charge in [0.1, 0.15) is 30.0 Å². The third kappa shape index (κ3) is 4.01. The van der Waals surface area contributed by atoms with Gasteiger partial charge >= 0.3 is 0 Å². The van der Waals surface area contributed by atoms with Gasteiger partial charge in [0.2, 0.25) is 5.88 Å². The first-order valence-electron chi connectivity index (χ1n) is 8.97. The van der Waals surface area contributed by atoms with Crippen molar-refractivity contribution in [3.8, 4) is 17.4 Å². The van der Waals surface area contributed by atoms with E-state index in [1.807, 2.05) is 25.3 Å². The maximum Gasteiger partial charge on any atom is 0.258 e. The van der Waals surface area contributed by atoms with Gasteiger partial charge in [-0.25, -0.2) is 9.97 Å². The standard InChI is InChI=1S/C21H19N5O3/c1-13-14(2)26(12-22-13)19-10-20(24-15(3)23-19)29-18-6-4-17(5-7-18)25-21(27)16-8-9-28-11-16/h4-12H,1-3H3,(H,25,27). The number of rotatable bonds is 5. The third-order valence-corrected chi connectivity index (χ3v) is 4.42. The molecule has 0 bridgehead atoms. The van der Waals surface area contributed by atoms with E-state index in [1.165, 1.54) is 12.5 Å². The van der Waals surface area contributed by atoms with Crippen molar-refractivity contribution in [2.24, 2.45) is 0 Å². The Morgan fingerprint density at radius 3 is 2.55 bits per heavy atom. The van der Waals surface area contributed by atoms with Gasteiger partial charge in [0.15, 0.2) is 0 Å². The first kappa shape index (κ1) is 18.4. The summed E-state index contributed by atoms with van der Waals surface area (Å²) in [6.45, 7) is 5.74. The Kier molecular flexibility index (Phi) is 4.82. The van der Waals surface area contributed by atoms with Crippen LogP contribution in [0.1, 0.15) is 27.6 Å². The number of aromatic nitrogens is 4. The van der Waals surface area contributed by atoms with E-state index < -0.39 is 0 Å². The number of carbonyl (C=O) groups excluding carboxylic acids is 1. The molecule has 0 saturated heterocycles. The molecule has 4 rings (SSSR count). The van der Waals surface area contributed by atoms with Crippen LogP contribution in [0.15, 0.2) is 59.7 Å². The minimum absolute atomic E-state index is 0.241. The summed E-state index contributed by atoms with van der Waals surface area (Å²) in [5, 5.41) is 2.79. The summed E-state index contributed by atoms with van der Waals surface area (Å²) >= 11 is 0. The number of imidazole rings is 1. The number of hydrogen-bond donors (Lipinski definition) is 1. The molecule has 0 aliphatic rings. The number of benzene rings is 1. The van der Waals surface area contributed by atoms with Crippen LogP contribution in [0.25, 0.3) is 5.82 Å². The first-order valence-corrected chi connectivity index (χ1v) is 8.97. The number of nitrogens with one attached hydrogen (secondary N) is 1. The van der Waals surface area contributed by atoms with Gasteiger partial charge in [-0.1, -0.05) is 0 Å². The van der Waals surface area contributed by atoms with E-state index in [2.05, 4.69) is 20.3 Å². The molecular weight excluding hydrogens is 370 g/mol. The van der Waals surface area contributed by atoms with Gasteiger partial charge < -0.3 is 14.5 Å². The fourth-order valence-corrected chi connectivity index (χ4v) is 2.75. The SMILES string of the molecule is Cc1nc(Oc2ccc(NC(=O)c3ccoc3)cc2)cc(-n2cnc(C)c2C)n1. The number of ether oxygens (including phenoxy) is 1. The molecule has 0 spiro atoms. The summed E-state index contributed by atoms with van der Waals surface area (Å²) in [4.78, 5) is 25.2. The highest BCUT2D eigenvalue weighted by molar-refractivity contribution is 6.03. The summed E-state index contributed by atoms with van der Waals surface area (Å²) in [5.41, 5.74) is 3.05. The maximum absolute atomic E-state index is 12.1. The smallest absolute Gasteiger partial charge is 0.258 e. The van der Waals surface area contributed by atoms with E-state index in [-0.39, 0.29) is 5.91 Å². The molecule has 4 aromatic rings. The molecule has 146 valence electrons. The lowest BCUT2D eigenvalue weighted by atomic mass is 10.2. The first-order chi connectivity index (χ1) is 14.0. The molecule has 8 nitrogen and oxygen atoms in total. The van der Waals surface area contributed by atoms with Gasteiger partial charge in [-0.15, -0.1) is 0 Å². The van der Waals surface area contributed by atoms with Gasteiger partial charge in [-0.2, -0.15) is 4.98 Å². The highest BCUT2D eigenvalue weighted by atomic mass is 16.5. The number of nitrogens with zero attached hydrogens (tertiary/aromatic N) is 4. The van der Waals surface area contributed by atoms with Crippen molar-refractivity contribution in [3.05, 3.63) is 78.0 Å². The fourth-order valence-electron chi connectivity index (χ4n) is 2.75. The summed E-state index contributed by atoms with van der Waals surface area (Å²) in [6.07, 6.45) is 4.58. The number of furan rings is 1. The molecule has 0 aliphatic carbocycles. The highest BCUT2D eigenvalue weighted by Crippen LogP contribution is 2.24. The minimum atomic E-state index is -0.241. The number of anilines is 1. The van der Waals surface area contributed by atoms with Crippen LogP contribution in [0.4, 0.5) is 5.69 Å². The van der Waals surface area contributed by atoms with Crippen molar-refractivity contribution in [2.75, 3.05) is 5.32 Å². The second-order valence-corrected chi connectivity index (χ2v) is 6.49. The molecular formula is C21H19N5O3. The van der Waals surface area contributed by atoms with E-state index in [0.29, 0.717) is 34.5 Å². The third-order valence-electron chi connectivity index (χ3n) is 4.42. The minimum Gasteiger partial charge on any atom is -0.472 e. The number of amides is 1. The Labute approximate surface area is 167 Å². The van der Waals surface area contributed by atoms with Crippen molar-refractivity contribution >= 4 is 11.6 Å². The van der Waals surface area contributed by atoms with Crippen LogP contribution in [0.3, 0.4) is 0 Å². The number of aryl methyl sites for hydroxylation is 2. The van der Waals surface area contributed by atoms with Crippen molar-refractivity contribution in [3.63, 3.8) is 0 Å². The lowest BCUT2D eigenvalue weighted by molar-refractivity contribution is 0.102. The molecule has 0 fully saturated rings. The Balaban J connectivity index is 1.50. The van der Waals surface area contributed by atoms with E-state index >= 15 is 0 Å². The second-order valence-electron chi connectivity index (χ2n) is 6.49. The van der Waals surface area contributed by atoms with Crippen LogP contribution in [0.2, 0.25) is 0 Å². The molecule has 0 atom stereocenters. The van der Waals surface area contributed by atoms with Gasteiger partial charge in [-0.3, -0.25) is 9.36 Å². The molecule has 0 saturated carbocycles. The molecule has 1 amide bonds. The largest absolute Gasteiger partial charge is 0.472 e. The Hall–Kier alpha value is -3.94. The Bertz CT molecular complexity index is 1150. The Morgan fingerprint density at radius 1 is 1.10 bits per heavy atom. The molecule has 3 aromatic heterocycles. The molecule has 29 heavy (non-hydrogen) atoms. The van der Waals surface area contributed by atoms with Crippen LogP contribution in [0, 0.1) is 20.8 Å². The van der Waals surface area contributed by atoms with E-state index in [4.69, 9.17) is 9.15 Å². The molecule has 0 aliphatic heterocycles. The normalized spacial score (nSPS) is 10.7. The predicted octanol–water partition coefficient (Wildman–Crippen LogP) is 4.23. The van der Waals surface area contributed by atoms with Crippen LogP contribution < -0.4 is 10.1 Å². The molecule has 0 unspecified atom stereocenters. The second kappa shape index (κ2) is 7.59. The lowest BCUT2D eigenvalue weighted by Gasteiger charge is -2.10. The zero-order valence-electron chi connectivity index (χ0n) is 16.2. The molecule has 1 aromatic carbocycles. The number of hydrogen-bond acceptors (Lipinski definition) is 6. The van der Waals surface area contributed by atoms with Gasteiger partial charge in [0.25, 0.3) is 5.91 Å². The van der Waals surface area contributed by atoms with Crippen molar-refractivity contribution in [1.29, 1.82) is 0 Å². The molecule has 3 heterocycles. The van der Waals surface area contributed by atoms with Gasteiger partial charge in [-0.05, 0) is 51.1 Å². The number of carbonyl (C=O) groups is 1. The summed E-state index contributed by atoms with van der Waals surface area (Å²) in [7, 11) is 0. The lowest BCUT2D eigenvalue weighted by Crippen LogP contribution is -2.10. The van der Waals surface area contributed by atoms with E-state index in [9.17, 15) is 4.79 Å². The topological polar surface area (TPSA) is 95.1 Å². The quantitative estimate of drug-likeness (QED) is 0.549. The van der Waals surface area contributed by atoms with Crippen LogP contribution in [-0.2, 0) is 0 Å². The highest BCUT2D eigenvalue weighted by Gasteiger charge is 2.11.